The molecule has 0 N–H and O–H groups in total. The third-order valence-corrected chi connectivity index (χ3v) is 4.11. The minimum Gasteiger partial charge on any atom is -0.494 e. The van der Waals surface area contributed by atoms with Gasteiger partial charge >= 0.3 is 12.2 Å². The first-order valence-corrected chi connectivity index (χ1v) is 9.40. The number of nitrogens with zero attached hydrogens (tertiary/aromatic N) is 3. The van der Waals surface area contributed by atoms with Crippen LogP contribution in [0.15, 0.2) is 30.5 Å². The van der Waals surface area contributed by atoms with Crippen molar-refractivity contribution in [3.8, 4) is 11.8 Å². The summed E-state index contributed by atoms with van der Waals surface area (Å²) >= 11 is 0. The number of benzene rings is 1. The van der Waals surface area contributed by atoms with Crippen LogP contribution in [0.1, 0.15) is 45.1 Å². The summed E-state index contributed by atoms with van der Waals surface area (Å²) in [6.45, 7) is 4.77. The Bertz CT molecular complexity index is 754. The standard InChI is InChI=1S/C20H26F3N3O2/c1-4-6-7-8-12-28-19-24-14-17(20(21,22)23)18(25-19)26(3)15-10-9-11-16(13-15)27-5-2/h9-11,13-14H,4-8,12H2,1-3H3. The van der Waals surface area contributed by atoms with E-state index in [1.807, 2.05) is 6.92 Å². The van der Waals surface area contributed by atoms with Crippen molar-refractivity contribution in [3.05, 3.63) is 36.0 Å². The first-order valence-electron chi connectivity index (χ1n) is 9.40. The lowest BCUT2D eigenvalue weighted by Gasteiger charge is -2.23. The second-order valence-electron chi connectivity index (χ2n) is 6.29. The predicted molar refractivity (Wildman–Crippen MR) is 102 cm³/mol. The Hall–Kier alpha value is -2.51. The maximum absolute atomic E-state index is 13.5. The van der Waals surface area contributed by atoms with Crippen LogP contribution in [0.25, 0.3) is 0 Å². The molecule has 0 saturated heterocycles. The van der Waals surface area contributed by atoms with E-state index in [-0.39, 0.29) is 11.8 Å². The lowest BCUT2D eigenvalue weighted by molar-refractivity contribution is -0.137. The van der Waals surface area contributed by atoms with Gasteiger partial charge in [0.1, 0.15) is 11.3 Å². The third kappa shape index (κ3) is 6.00. The van der Waals surface area contributed by atoms with Gasteiger partial charge in [-0.05, 0) is 25.5 Å². The van der Waals surface area contributed by atoms with E-state index in [1.54, 1.807) is 24.3 Å². The second kappa shape index (κ2) is 10.1. The quantitative estimate of drug-likeness (QED) is 0.487. The predicted octanol–water partition coefficient (Wildman–Crippen LogP) is 5.62. The molecule has 28 heavy (non-hydrogen) atoms. The largest absolute Gasteiger partial charge is 0.494 e. The molecule has 0 aliphatic carbocycles. The van der Waals surface area contributed by atoms with Crippen molar-refractivity contribution >= 4 is 11.5 Å². The maximum Gasteiger partial charge on any atom is 0.421 e. The van der Waals surface area contributed by atoms with Gasteiger partial charge in [0.05, 0.1) is 13.2 Å². The van der Waals surface area contributed by atoms with Gasteiger partial charge in [-0.3, -0.25) is 0 Å². The molecule has 0 atom stereocenters. The van der Waals surface area contributed by atoms with Crippen LogP contribution in [0.4, 0.5) is 24.7 Å². The van der Waals surface area contributed by atoms with Gasteiger partial charge in [0.15, 0.2) is 5.82 Å². The monoisotopic (exact) mass is 397 g/mol. The fourth-order valence-corrected chi connectivity index (χ4v) is 2.65. The number of alkyl halides is 3. The van der Waals surface area contributed by atoms with Crippen molar-refractivity contribution in [1.29, 1.82) is 0 Å². The number of ether oxygens (including phenoxy) is 2. The molecule has 0 aliphatic heterocycles. The van der Waals surface area contributed by atoms with E-state index in [9.17, 15) is 13.2 Å². The number of aromatic nitrogens is 2. The van der Waals surface area contributed by atoms with Crippen LogP contribution in [-0.4, -0.2) is 30.2 Å². The van der Waals surface area contributed by atoms with E-state index in [1.165, 1.54) is 11.9 Å². The molecule has 0 spiro atoms. The number of halogens is 3. The summed E-state index contributed by atoms with van der Waals surface area (Å²) in [6, 6.07) is 6.76. The molecule has 154 valence electrons. The number of hydrogen-bond acceptors (Lipinski definition) is 5. The summed E-state index contributed by atoms with van der Waals surface area (Å²) < 4.78 is 51.3. The summed E-state index contributed by atoms with van der Waals surface area (Å²) in [6.07, 6.45) is 0.162. The molecule has 0 fully saturated rings. The Morgan fingerprint density at radius 1 is 1.07 bits per heavy atom. The van der Waals surface area contributed by atoms with Gasteiger partial charge in [0.25, 0.3) is 0 Å². The highest BCUT2D eigenvalue weighted by atomic mass is 19.4. The van der Waals surface area contributed by atoms with Gasteiger partial charge in [0.2, 0.25) is 0 Å². The van der Waals surface area contributed by atoms with Crippen LogP contribution < -0.4 is 14.4 Å². The average Bonchev–Trinajstić information content (AvgIpc) is 2.67. The zero-order valence-corrected chi connectivity index (χ0v) is 16.4. The van der Waals surface area contributed by atoms with Crippen molar-refractivity contribution in [3.63, 3.8) is 0 Å². The SMILES string of the molecule is CCCCCCOc1ncc(C(F)(F)F)c(N(C)c2cccc(OCC)c2)n1. The molecule has 1 aromatic heterocycles. The molecule has 0 bridgehead atoms. The van der Waals surface area contributed by atoms with Gasteiger partial charge in [0, 0.05) is 25.0 Å². The number of unbranched alkanes of at least 4 members (excludes halogenated alkanes) is 3. The molecule has 0 radical (unpaired) electrons. The first kappa shape index (κ1) is 21.8. The Kier molecular flexibility index (Phi) is 7.90. The van der Waals surface area contributed by atoms with Crippen molar-refractivity contribution in [2.45, 2.75) is 45.7 Å². The van der Waals surface area contributed by atoms with Crippen LogP contribution in [0.2, 0.25) is 0 Å². The summed E-state index contributed by atoms with van der Waals surface area (Å²) in [5.41, 5.74) is -0.404. The van der Waals surface area contributed by atoms with Crippen LogP contribution in [0.5, 0.6) is 11.8 Å². The van der Waals surface area contributed by atoms with Gasteiger partial charge < -0.3 is 14.4 Å². The molecule has 0 saturated carbocycles. The van der Waals surface area contributed by atoms with Crippen molar-refractivity contribution in [2.75, 3.05) is 25.2 Å². The fraction of sp³-hybridized carbons (Fsp3) is 0.500. The van der Waals surface area contributed by atoms with E-state index in [0.717, 1.165) is 31.9 Å². The highest BCUT2D eigenvalue weighted by molar-refractivity contribution is 5.64. The van der Waals surface area contributed by atoms with Gasteiger partial charge in [-0.2, -0.15) is 18.2 Å². The molecular formula is C20H26F3N3O2. The summed E-state index contributed by atoms with van der Waals surface area (Å²) in [7, 11) is 1.52. The molecule has 1 aromatic carbocycles. The van der Waals surface area contributed by atoms with Crippen molar-refractivity contribution in [2.24, 2.45) is 0 Å². The van der Waals surface area contributed by atoms with Crippen molar-refractivity contribution < 1.29 is 22.6 Å². The minimum absolute atomic E-state index is 0.0627. The van der Waals surface area contributed by atoms with Gasteiger partial charge in [-0.15, -0.1) is 0 Å². The highest BCUT2D eigenvalue weighted by Crippen LogP contribution is 2.38. The smallest absolute Gasteiger partial charge is 0.421 e. The lowest BCUT2D eigenvalue weighted by atomic mass is 10.2. The third-order valence-electron chi connectivity index (χ3n) is 4.11. The Balaban J connectivity index is 2.28. The Morgan fingerprint density at radius 2 is 1.86 bits per heavy atom. The van der Waals surface area contributed by atoms with Gasteiger partial charge in [-0.1, -0.05) is 32.3 Å². The lowest BCUT2D eigenvalue weighted by Crippen LogP contribution is -2.19. The zero-order chi connectivity index (χ0) is 20.6. The van der Waals surface area contributed by atoms with E-state index in [4.69, 9.17) is 9.47 Å². The summed E-state index contributed by atoms with van der Waals surface area (Å²) in [5, 5.41) is 0. The first-order chi connectivity index (χ1) is 13.4. The Labute approximate surface area is 163 Å². The topological polar surface area (TPSA) is 47.5 Å². The number of rotatable bonds is 10. The van der Waals surface area contributed by atoms with E-state index >= 15 is 0 Å². The van der Waals surface area contributed by atoms with E-state index in [2.05, 4.69) is 16.9 Å². The summed E-state index contributed by atoms with van der Waals surface area (Å²) in [5.74, 6) is 0.307. The average molecular weight is 397 g/mol. The van der Waals surface area contributed by atoms with Crippen LogP contribution in [0, 0.1) is 0 Å². The van der Waals surface area contributed by atoms with Crippen molar-refractivity contribution in [1.82, 2.24) is 9.97 Å². The minimum atomic E-state index is -4.58. The molecule has 2 rings (SSSR count). The zero-order valence-electron chi connectivity index (χ0n) is 16.4. The molecule has 0 aliphatic rings. The normalized spacial score (nSPS) is 11.4. The van der Waals surface area contributed by atoms with E-state index < -0.39 is 11.7 Å². The second-order valence-corrected chi connectivity index (χ2v) is 6.29. The molecule has 1 heterocycles. The molecule has 8 heteroatoms. The van der Waals surface area contributed by atoms with Crippen LogP contribution in [0.3, 0.4) is 0 Å². The highest BCUT2D eigenvalue weighted by Gasteiger charge is 2.36. The molecule has 0 amide bonds. The molecule has 5 nitrogen and oxygen atoms in total. The molecule has 0 unspecified atom stereocenters. The maximum atomic E-state index is 13.5. The molecule has 2 aromatic rings. The van der Waals surface area contributed by atoms with Crippen LogP contribution in [-0.2, 0) is 6.18 Å². The van der Waals surface area contributed by atoms with Crippen LogP contribution >= 0.6 is 0 Å². The summed E-state index contributed by atoms with van der Waals surface area (Å²) in [4.78, 5) is 9.14. The molecular weight excluding hydrogens is 371 g/mol. The Morgan fingerprint density at radius 3 is 2.54 bits per heavy atom. The number of hydrogen-bond donors (Lipinski definition) is 0. The number of anilines is 2. The van der Waals surface area contributed by atoms with Gasteiger partial charge in [-0.25, -0.2) is 4.98 Å². The fourth-order valence-electron chi connectivity index (χ4n) is 2.65. The van der Waals surface area contributed by atoms with E-state index in [0.29, 0.717) is 24.7 Å².